The molecule has 0 saturated carbocycles. The van der Waals surface area contributed by atoms with E-state index in [1.165, 1.54) is 12.1 Å². The molecule has 0 fully saturated rings. The summed E-state index contributed by atoms with van der Waals surface area (Å²) in [4.78, 5) is 11.9. The van der Waals surface area contributed by atoms with Crippen molar-refractivity contribution in [1.29, 1.82) is 0 Å². The van der Waals surface area contributed by atoms with Crippen LogP contribution in [0.2, 0.25) is 0 Å². The maximum Gasteiger partial charge on any atom is 0.251 e. The topological polar surface area (TPSA) is 61.4 Å². The summed E-state index contributed by atoms with van der Waals surface area (Å²) in [6.07, 6.45) is 0. The normalized spacial score (nSPS) is 11.8. The Morgan fingerprint density at radius 1 is 1.23 bits per heavy atom. The summed E-state index contributed by atoms with van der Waals surface area (Å²) >= 11 is 0. The van der Waals surface area contributed by atoms with Gasteiger partial charge in [0.25, 0.3) is 5.91 Å². The Kier molecular flexibility index (Phi) is 5.49. The van der Waals surface area contributed by atoms with E-state index in [0.29, 0.717) is 5.56 Å². The number of aliphatic hydroxyl groups is 1. The molecule has 0 aliphatic carbocycles. The lowest BCUT2D eigenvalue weighted by atomic mass is 10.1. The molecule has 4 nitrogen and oxygen atoms in total. The van der Waals surface area contributed by atoms with Crippen molar-refractivity contribution in [2.75, 3.05) is 18.5 Å². The minimum atomic E-state index is -0.275. The van der Waals surface area contributed by atoms with Gasteiger partial charge in [0.05, 0.1) is 6.61 Å². The molecule has 0 aliphatic rings. The molecule has 1 amide bonds. The van der Waals surface area contributed by atoms with Crippen molar-refractivity contribution in [2.45, 2.75) is 13.0 Å². The third-order valence-electron chi connectivity index (χ3n) is 3.25. The van der Waals surface area contributed by atoms with Gasteiger partial charge in [-0.3, -0.25) is 4.79 Å². The Balaban J connectivity index is 2.08. The second-order valence-electron chi connectivity index (χ2n) is 4.98. The van der Waals surface area contributed by atoms with Gasteiger partial charge in [-0.15, -0.1) is 0 Å². The average Bonchev–Trinajstić information content (AvgIpc) is 2.52. The van der Waals surface area contributed by atoms with Gasteiger partial charge in [-0.25, -0.2) is 4.39 Å². The molecule has 0 aromatic heterocycles. The Morgan fingerprint density at radius 2 is 2.00 bits per heavy atom. The first-order valence-electron chi connectivity index (χ1n) is 7.11. The number of aliphatic hydroxyl groups excluding tert-OH is 1. The monoisotopic (exact) mass is 302 g/mol. The lowest BCUT2D eigenvalue weighted by Gasteiger charge is -2.16. The first-order chi connectivity index (χ1) is 10.6. The van der Waals surface area contributed by atoms with Crippen LogP contribution in [0.15, 0.2) is 48.5 Å². The van der Waals surface area contributed by atoms with Gasteiger partial charge < -0.3 is 15.7 Å². The van der Waals surface area contributed by atoms with Gasteiger partial charge in [-0.05, 0) is 42.8 Å². The van der Waals surface area contributed by atoms with Crippen LogP contribution in [-0.2, 0) is 0 Å². The Bertz CT molecular complexity index is 646. The minimum absolute atomic E-state index is 0.0912. The van der Waals surface area contributed by atoms with E-state index in [0.717, 1.165) is 11.3 Å². The van der Waals surface area contributed by atoms with Crippen molar-refractivity contribution in [1.82, 2.24) is 5.32 Å². The molecule has 0 saturated heterocycles. The molecule has 22 heavy (non-hydrogen) atoms. The van der Waals surface area contributed by atoms with Crippen LogP contribution in [0.1, 0.15) is 28.9 Å². The maximum absolute atomic E-state index is 13.3. The van der Waals surface area contributed by atoms with Gasteiger partial charge in [0.15, 0.2) is 0 Å². The van der Waals surface area contributed by atoms with Crippen molar-refractivity contribution < 1.29 is 14.3 Å². The van der Waals surface area contributed by atoms with Gasteiger partial charge in [-0.2, -0.15) is 0 Å². The molecule has 0 radical (unpaired) electrons. The highest BCUT2D eigenvalue weighted by Gasteiger charge is 2.09. The SMILES string of the molecule is CC(Nc1cccc(C(=O)NCCO)c1)c1cccc(F)c1. The van der Waals surface area contributed by atoms with Crippen molar-refractivity contribution in [2.24, 2.45) is 0 Å². The van der Waals surface area contributed by atoms with Crippen LogP contribution in [0.5, 0.6) is 0 Å². The van der Waals surface area contributed by atoms with Gasteiger partial charge in [0.2, 0.25) is 0 Å². The number of carbonyl (C=O) groups excluding carboxylic acids is 1. The van der Waals surface area contributed by atoms with Crippen molar-refractivity contribution in [3.05, 3.63) is 65.5 Å². The second kappa shape index (κ2) is 7.56. The van der Waals surface area contributed by atoms with E-state index in [2.05, 4.69) is 10.6 Å². The van der Waals surface area contributed by atoms with Crippen LogP contribution in [0.3, 0.4) is 0 Å². The van der Waals surface area contributed by atoms with E-state index < -0.39 is 0 Å². The molecular weight excluding hydrogens is 283 g/mol. The quantitative estimate of drug-likeness (QED) is 0.769. The predicted octanol–water partition coefficient (Wildman–Crippen LogP) is 2.72. The Labute approximate surface area is 129 Å². The zero-order valence-electron chi connectivity index (χ0n) is 12.3. The minimum Gasteiger partial charge on any atom is -0.395 e. The molecule has 0 heterocycles. The van der Waals surface area contributed by atoms with Crippen LogP contribution in [0.25, 0.3) is 0 Å². The summed E-state index contributed by atoms with van der Waals surface area (Å²) in [7, 11) is 0. The molecule has 5 heteroatoms. The van der Waals surface area contributed by atoms with Gasteiger partial charge >= 0.3 is 0 Å². The van der Waals surface area contributed by atoms with Crippen LogP contribution < -0.4 is 10.6 Å². The third kappa shape index (κ3) is 4.30. The molecule has 2 rings (SSSR count). The van der Waals surface area contributed by atoms with Crippen LogP contribution in [-0.4, -0.2) is 24.2 Å². The summed E-state index contributed by atoms with van der Waals surface area (Å²) in [6, 6.07) is 13.4. The predicted molar refractivity (Wildman–Crippen MR) is 84.3 cm³/mol. The number of hydrogen-bond donors (Lipinski definition) is 3. The number of rotatable bonds is 6. The average molecular weight is 302 g/mol. The summed E-state index contributed by atoms with van der Waals surface area (Å²) in [5.74, 6) is -0.514. The fraction of sp³-hybridized carbons (Fsp3) is 0.235. The molecule has 1 atom stereocenters. The van der Waals surface area contributed by atoms with Gasteiger partial charge in [-0.1, -0.05) is 18.2 Å². The van der Waals surface area contributed by atoms with Crippen molar-refractivity contribution in [3.8, 4) is 0 Å². The number of anilines is 1. The second-order valence-corrected chi connectivity index (χ2v) is 4.98. The maximum atomic E-state index is 13.3. The number of carbonyl (C=O) groups is 1. The number of benzene rings is 2. The van der Waals surface area contributed by atoms with Gasteiger partial charge in [0, 0.05) is 23.8 Å². The highest BCUT2D eigenvalue weighted by atomic mass is 19.1. The fourth-order valence-electron chi connectivity index (χ4n) is 2.13. The zero-order chi connectivity index (χ0) is 15.9. The smallest absolute Gasteiger partial charge is 0.251 e. The third-order valence-corrected chi connectivity index (χ3v) is 3.25. The zero-order valence-corrected chi connectivity index (χ0v) is 12.3. The highest BCUT2D eigenvalue weighted by molar-refractivity contribution is 5.95. The standard InChI is InChI=1S/C17H19FN2O2/c1-12(13-4-2-6-15(18)10-13)20-16-7-3-5-14(11-16)17(22)19-8-9-21/h2-7,10-12,20-21H,8-9H2,1H3,(H,19,22). The lowest BCUT2D eigenvalue weighted by molar-refractivity contribution is 0.0945. The fourth-order valence-corrected chi connectivity index (χ4v) is 2.13. The van der Waals surface area contributed by atoms with E-state index in [9.17, 15) is 9.18 Å². The Morgan fingerprint density at radius 3 is 2.73 bits per heavy atom. The highest BCUT2D eigenvalue weighted by Crippen LogP contribution is 2.20. The molecule has 2 aromatic carbocycles. The van der Waals surface area contributed by atoms with Crippen LogP contribution in [0, 0.1) is 5.82 Å². The summed E-state index contributed by atoms with van der Waals surface area (Å²) < 4.78 is 13.3. The molecule has 0 bridgehead atoms. The first kappa shape index (κ1) is 16.0. The number of nitrogens with one attached hydrogen (secondary N) is 2. The van der Waals surface area contributed by atoms with Crippen LogP contribution >= 0.6 is 0 Å². The molecule has 116 valence electrons. The largest absolute Gasteiger partial charge is 0.395 e. The Hall–Kier alpha value is -2.40. The molecule has 3 N–H and O–H groups in total. The summed E-state index contributed by atoms with van der Waals surface area (Å²) in [5.41, 5.74) is 2.11. The van der Waals surface area contributed by atoms with Crippen molar-refractivity contribution >= 4 is 11.6 Å². The molecule has 1 unspecified atom stereocenters. The number of halogens is 1. The van der Waals surface area contributed by atoms with E-state index in [4.69, 9.17) is 5.11 Å². The molecular formula is C17H19FN2O2. The molecule has 2 aromatic rings. The number of amides is 1. The molecule has 0 aliphatic heterocycles. The summed E-state index contributed by atoms with van der Waals surface area (Å²) in [6.45, 7) is 2.05. The first-order valence-corrected chi connectivity index (χ1v) is 7.11. The van der Waals surface area contributed by atoms with E-state index in [1.54, 1.807) is 24.3 Å². The molecule has 0 spiro atoms. The van der Waals surface area contributed by atoms with E-state index in [-0.39, 0.29) is 30.9 Å². The van der Waals surface area contributed by atoms with Crippen LogP contribution in [0.4, 0.5) is 10.1 Å². The summed E-state index contributed by atoms with van der Waals surface area (Å²) in [5, 5.41) is 14.6. The lowest BCUT2D eigenvalue weighted by Crippen LogP contribution is -2.26. The number of hydrogen-bond acceptors (Lipinski definition) is 3. The van der Waals surface area contributed by atoms with Gasteiger partial charge in [0.1, 0.15) is 5.82 Å². The van der Waals surface area contributed by atoms with E-state index >= 15 is 0 Å². The van der Waals surface area contributed by atoms with Crippen molar-refractivity contribution in [3.63, 3.8) is 0 Å². The van der Waals surface area contributed by atoms with E-state index in [1.807, 2.05) is 19.1 Å².